The molecule has 0 saturated carbocycles. The number of hydrogen-bond donors (Lipinski definition) is 1. The summed E-state index contributed by atoms with van der Waals surface area (Å²) in [6.07, 6.45) is 0.297. The molecule has 0 unspecified atom stereocenters. The molecular formula is C17H26N2O3. The smallest absolute Gasteiger partial charge is 0.224 e. The first-order valence-electron chi connectivity index (χ1n) is 7.59. The van der Waals surface area contributed by atoms with Crippen LogP contribution in [0.2, 0.25) is 0 Å². The minimum Gasteiger partial charge on any atom is -0.493 e. The predicted octanol–water partition coefficient (Wildman–Crippen LogP) is 2.21. The van der Waals surface area contributed by atoms with E-state index in [1.165, 1.54) is 6.92 Å². The number of carbonyl (C=O) groups excluding carboxylic acids is 2. The van der Waals surface area contributed by atoms with E-state index in [4.69, 9.17) is 4.74 Å². The highest BCUT2D eigenvalue weighted by Crippen LogP contribution is 2.20. The van der Waals surface area contributed by atoms with Gasteiger partial charge in [-0.2, -0.15) is 0 Å². The van der Waals surface area contributed by atoms with Gasteiger partial charge in [-0.25, -0.2) is 0 Å². The van der Waals surface area contributed by atoms with Crippen molar-refractivity contribution in [1.29, 1.82) is 0 Å². The minimum atomic E-state index is -0.122. The minimum absolute atomic E-state index is 0.00703. The fourth-order valence-electron chi connectivity index (χ4n) is 1.91. The van der Waals surface area contributed by atoms with Crippen LogP contribution >= 0.6 is 0 Å². The molecule has 122 valence electrons. The first-order valence-corrected chi connectivity index (χ1v) is 7.59. The molecular weight excluding hydrogens is 280 g/mol. The Morgan fingerprint density at radius 3 is 2.59 bits per heavy atom. The van der Waals surface area contributed by atoms with Gasteiger partial charge in [0, 0.05) is 39.0 Å². The monoisotopic (exact) mass is 306 g/mol. The normalized spacial score (nSPS) is 10.4. The maximum atomic E-state index is 12.0. The van der Waals surface area contributed by atoms with Gasteiger partial charge in [0.05, 0.1) is 6.61 Å². The molecule has 0 heterocycles. The largest absolute Gasteiger partial charge is 0.493 e. The molecule has 0 spiro atoms. The lowest BCUT2D eigenvalue weighted by Crippen LogP contribution is -2.31. The van der Waals surface area contributed by atoms with Crippen molar-refractivity contribution in [2.45, 2.75) is 33.7 Å². The summed E-state index contributed by atoms with van der Waals surface area (Å²) in [6.45, 7) is 7.14. The fourth-order valence-corrected chi connectivity index (χ4v) is 1.91. The Morgan fingerprint density at radius 1 is 1.27 bits per heavy atom. The standard InChI is InChI=1S/C17H26N2O3/c1-13(2)12-22-16-8-6-5-7-15(16)11-19(4)17(21)9-10-18-14(3)20/h5-8,13H,9-12H2,1-4H3,(H,18,20). The second-order valence-electron chi connectivity index (χ2n) is 5.80. The van der Waals surface area contributed by atoms with Crippen LogP contribution in [-0.2, 0) is 16.1 Å². The molecule has 1 rings (SSSR count). The lowest BCUT2D eigenvalue weighted by molar-refractivity contribution is -0.130. The zero-order valence-corrected chi connectivity index (χ0v) is 13.9. The summed E-state index contributed by atoms with van der Waals surface area (Å²) >= 11 is 0. The van der Waals surface area contributed by atoms with Crippen LogP contribution in [0.4, 0.5) is 0 Å². The summed E-state index contributed by atoms with van der Waals surface area (Å²) in [5.74, 6) is 1.14. The van der Waals surface area contributed by atoms with Gasteiger partial charge in [0.25, 0.3) is 0 Å². The molecule has 0 fully saturated rings. The lowest BCUT2D eigenvalue weighted by Gasteiger charge is -2.20. The molecule has 1 N–H and O–H groups in total. The molecule has 0 aliphatic heterocycles. The van der Waals surface area contributed by atoms with Crippen molar-refractivity contribution in [2.75, 3.05) is 20.2 Å². The Kier molecular flexibility index (Phi) is 7.43. The Hall–Kier alpha value is -2.04. The van der Waals surface area contributed by atoms with E-state index >= 15 is 0 Å². The van der Waals surface area contributed by atoms with E-state index in [9.17, 15) is 9.59 Å². The third-order valence-electron chi connectivity index (χ3n) is 3.09. The predicted molar refractivity (Wildman–Crippen MR) is 86.5 cm³/mol. The van der Waals surface area contributed by atoms with Crippen LogP contribution in [-0.4, -0.2) is 36.9 Å². The Balaban J connectivity index is 2.57. The number of carbonyl (C=O) groups is 2. The highest BCUT2D eigenvalue weighted by Gasteiger charge is 2.12. The summed E-state index contributed by atoms with van der Waals surface area (Å²) in [5.41, 5.74) is 0.985. The van der Waals surface area contributed by atoms with E-state index in [2.05, 4.69) is 19.2 Å². The molecule has 0 aliphatic carbocycles. The Labute approximate surface area is 132 Å². The summed E-state index contributed by atoms with van der Waals surface area (Å²) in [4.78, 5) is 24.5. The third kappa shape index (κ3) is 6.61. The van der Waals surface area contributed by atoms with Crippen molar-refractivity contribution in [2.24, 2.45) is 5.92 Å². The molecule has 1 aromatic rings. The van der Waals surface area contributed by atoms with Crippen LogP contribution in [0, 0.1) is 5.92 Å². The Morgan fingerprint density at radius 2 is 1.95 bits per heavy atom. The van der Waals surface area contributed by atoms with Crippen molar-refractivity contribution >= 4 is 11.8 Å². The van der Waals surface area contributed by atoms with Crippen molar-refractivity contribution < 1.29 is 14.3 Å². The maximum Gasteiger partial charge on any atom is 0.224 e. The number of hydrogen-bond acceptors (Lipinski definition) is 3. The summed E-state index contributed by atoms with van der Waals surface area (Å²) in [7, 11) is 1.76. The number of nitrogens with zero attached hydrogens (tertiary/aromatic N) is 1. The number of amides is 2. The zero-order valence-electron chi connectivity index (χ0n) is 13.9. The average Bonchev–Trinajstić information content (AvgIpc) is 2.45. The molecule has 5 heteroatoms. The molecule has 2 amide bonds. The summed E-state index contributed by atoms with van der Waals surface area (Å²) in [6, 6.07) is 7.76. The molecule has 0 aromatic heterocycles. The molecule has 1 aromatic carbocycles. The second-order valence-corrected chi connectivity index (χ2v) is 5.80. The van der Waals surface area contributed by atoms with Gasteiger partial charge in [0.15, 0.2) is 0 Å². The zero-order chi connectivity index (χ0) is 16.5. The number of para-hydroxylation sites is 1. The van der Waals surface area contributed by atoms with Crippen molar-refractivity contribution in [1.82, 2.24) is 10.2 Å². The van der Waals surface area contributed by atoms with E-state index < -0.39 is 0 Å². The lowest BCUT2D eigenvalue weighted by atomic mass is 10.1. The number of benzene rings is 1. The quantitative estimate of drug-likeness (QED) is 0.801. The maximum absolute atomic E-state index is 12.0. The van der Waals surface area contributed by atoms with Crippen LogP contribution < -0.4 is 10.1 Å². The van der Waals surface area contributed by atoms with Crippen molar-refractivity contribution in [3.8, 4) is 5.75 Å². The fraction of sp³-hybridized carbons (Fsp3) is 0.529. The second kappa shape index (κ2) is 9.07. The van der Waals surface area contributed by atoms with Gasteiger partial charge in [0.1, 0.15) is 5.75 Å². The van der Waals surface area contributed by atoms with Crippen molar-refractivity contribution in [3.63, 3.8) is 0 Å². The van der Waals surface area contributed by atoms with Crippen molar-refractivity contribution in [3.05, 3.63) is 29.8 Å². The van der Waals surface area contributed by atoms with Gasteiger partial charge in [-0.15, -0.1) is 0 Å². The number of ether oxygens (including phenoxy) is 1. The topological polar surface area (TPSA) is 58.6 Å². The van der Waals surface area contributed by atoms with Gasteiger partial charge >= 0.3 is 0 Å². The van der Waals surface area contributed by atoms with Crippen LogP contribution in [0.5, 0.6) is 5.75 Å². The van der Waals surface area contributed by atoms with Gasteiger partial charge in [0.2, 0.25) is 11.8 Å². The summed E-state index contributed by atoms with van der Waals surface area (Å²) in [5, 5.41) is 2.63. The molecule has 0 bridgehead atoms. The number of nitrogens with one attached hydrogen (secondary N) is 1. The van der Waals surface area contributed by atoms with Crippen LogP contribution in [0.25, 0.3) is 0 Å². The van der Waals surface area contributed by atoms with Gasteiger partial charge in [-0.1, -0.05) is 32.0 Å². The van der Waals surface area contributed by atoms with Gasteiger partial charge in [-0.05, 0) is 12.0 Å². The molecule has 22 heavy (non-hydrogen) atoms. The highest BCUT2D eigenvalue weighted by molar-refractivity contribution is 5.77. The first kappa shape index (κ1) is 18.0. The summed E-state index contributed by atoms with van der Waals surface area (Å²) < 4.78 is 5.80. The van der Waals surface area contributed by atoms with E-state index in [1.54, 1.807) is 11.9 Å². The van der Waals surface area contributed by atoms with E-state index in [0.717, 1.165) is 11.3 Å². The average molecular weight is 306 g/mol. The Bertz CT molecular complexity index is 500. The van der Waals surface area contributed by atoms with E-state index in [0.29, 0.717) is 32.0 Å². The molecule has 5 nitrogen and oxygen atoms in total. The van der Waals surface area contributed by atoms with Gasteiger partial charge < -0.3 is 15.0 Å². The third-order valence-corrected chi connectivity index (χ3v) is 3.09. The SMILES string of the molecule is CC(=O)NCCC(=O)N(C)Cc1ccccc1OCC(C)C. The van der Waals surface area contributed by atoms with Crippen LogP contribution in [0.1, 0.15) is 32.8 Å². The highest BCUT2D eigenvalue weighted by atomic mass is 16.5. The molecule has 0 aliphatic rings. The van der Waals surface area contributed by atoms with Gasteiger partial charge in [-0.3, -0.25) is 9.59 Å². The van der Waals surface area contributed by atoms with Crippen LogP contribution in [0.3, 0.4) is 0 Å². The molecule has 0 saturated heterocycles. The number of rotatable bonds is 8. The van der Waals surface area contributed by atoms with E-state index in [1.807, 2.05) is 24.3 Å². The molecule has 0 atom stereocenters. The molecule has 0 radical (unpaired) electrons. The first-order chi connectivity index (χ1) is 10.4. The van der Waals surface area contributed by atoms with Crippen LogP contribution in [0.15, 0.2) is 24.3 Å². The van der Waals surface area contributed by atoms with E-state index in [-0.39, 0.29) is 11.8 Å².